The normalized spacial score (nSPS) is 11.8. The SMILES string of the molecule is Cc1ccc(C=CC(=O)Oc2c(-c3ccc(C(C)(C)C)cc3)oc3ccc(Cl)cc3c2=O)cc1. The maximum Gasteiger partial charge on any atom is 0.336 e. The van der Waals surface area contributed by atoms with Crippen LogP contribution in [0.2, 0.25) is 5.02 Å². The van der Waals surface area contributed by atoms with Crippen LogP contribution in [0.1, 0.15) is 37.5 Å². The molecule has 0 aliphatic rings. The first-order valence-electron chi connectivity index (χ1n) is 11.0. The van der Waals surface area contributed by atoms with Crippen LogP contribution in [0.25, 0.3) is 28.4 Å². The van der Waals surface area contributed by atoms with Crippen LogP contribution in [0, 0.1) is 6.92 Å². The van der Waals surface area contributed by atoms with Gasteiger partial charge in [-0.1, -0.05) is 86.5 Å². The Kier molecular flexibility index (Phi) is 6.45. The fraction of sp³-hybridized carbons (Fsp3) is 0.172. The number of fused-ring (bicyclic) bond motifs is 1. The van der Waals surface area contributed by atoms with E-state index >= 15 is 0 Å². The second-order valence-electron chi connectivity index (χ2n) is 9.22. The second kappa shape index (κ2) is 9.32. The van der Waals surface area contributed by atoms with Gasteiger partial charge in [0.25, 0.3) is 0 Å². The molecule has 0 spiro atoms. The number of ether oxygens (including phenoxy) is 1. The Morgan fingerprint density at radius 3 is 2.29 bits per heavy atom. The number of rotatable bonds is 4. The van der Waals surface area contributed by atoms with Crippen LogP contribution in [0.4, 0.5) is 0 Å². The standard InChI is InChI=1S/C29H25ClO4/c1-18-5-7-19(8-6-18)9-16-25(31)34-28-26(32)23-17-22(30)14-15-24(23)33-27(28)20-10-12-21(13-11-20)29(2,3)4/h5-17H,1-4H3. The average Bonchev–Trinajstić information content (AvgIpc) is 2.80. The van der Waals surface area contributed by atoms with Gasteiger partial charge in [0.2, 0.25) is 11.2 Å². The minimum atomic E-state index is -0.679. The zero-order chi connectivity index (χ0) is 24.5. The third-order valence-corrected chi connectivity index (χ3v) is 5.75. The Bertz CT molecular complexity index is 1440. The summed E-state index contributed by atoms with van der Waals surface area (Å²) in [5.41, 5.74) is 3.59. The summed E-state index contributed by atoms with van der Waals surface area (Å²) in [6.07, 6.45) is 2.93. The molecule has 1 heterocycles. The van der Waals surface area contributed by atoms with Crippen LogP contribution in [0.5, 0.6) is 5.75 Å². The molecule has 0 radical (unpaired) electrons. The summed E-state index contributed by atoms with van der Waals surface area (Å²) in [4.78, 5) is 26.0. The second-order valence-corrected chi connectivity index (χ2v) is 9.66. The van der Waals surface area contributed by atoms with Gasteiger partial charge in [-0.25, -0.2) is 4.79 Å². The lowest BCUT2D eigenvalue weighted by Gasteiger charge is -2.19. The molecule has 0 fully saturated rings. The van der Waals surface area contributed by atoms with Gasteiger partial charge in [0.15, 0.2) is 5.76 Å². The molecule has 0 saturated carbocycles. The number of carbonyl (C=O) groups excluding carboxylic acids is 1. The van der Waals surface area contributed by atoms with Crippen LogP contribution in [0.3, 0.4) is 0 Å². The van der Waals surface area contributed by atoms with Crippen molar-refractivity contribution in [1.82, 2.24) is 0 Å². The van der Waals surface area contributed by atoms with Crippen LogP contribution in [-0.2, 0) is 10.2 Å². The van der Waals surface area contributed by atoms with E-state index in [2.05, 4.69) is 20.8 Å². The fourth-order valence-electron chi connectivity index (χ4n) is 3.53. The predicted octanol–water partition coefficient (Wildman–Crippen LogP) is 7.34. The van der Waals surface area contributed by atoms with E-state index in [0.29, 0.717) is 16.2 Å². The molecule has 1 aromatic heterocycles. The van der Waals surface area contributed by atoms with Crippen molar-refractivity contribution in [3.8, 4) is 17.1 Å². The van der Waals surface area contributed by atoms with E-state index in [9.17, 15) is 9.59 Å². The number of hydrogen-bond acceptors (Lipinski definition) is 4. The molecule has 5 heteroatoms. The lowest BCUT2D eigenvalue weighted by molar-refractivity contribution is -0.129. The molecule has 34 heavy (non-hydrogen) atoms. The van der Waals surface area contributed by atoms with Gasteiger partial charge in [-0.05, 0) is 47.7 Å². The van der Waals surface area contributed by atoms with E-state index in [-0.39, 0.29) is 22.3 Å². The molecule has 4 rings (SSSR count). The van der Waals surface area contributed by atoms with E-state index in [1.807, 2.05) is 55.5 Å². The molecule has 3 aromatic carbocycles. The highest BCUT2D eigenvalue weighted by Crippen LogP contribution is 2.33. The van der Waals surface area contributed by atoms with E-state index in [0.717, 1.165) is 16.7 Å². The molecule has 4 nitrogen and oxygen atoms in total. The zero-order valence-corrected chi connectivity index (χ0v) is 20.3. The minimum Gasteiger partial charge on any atom is -0.452 e. The van der Waals surface area contributed by atoms with Crippen molar-refractivity contribution in [3.63, 3.8) is 0 Å². The summed E-state index contributed by atoms with van der Waals surface area (Å²) in [7, 11) is 0. The lowest BCUT2D eigenvalue weighted by atomic mass is 9.86. The maximum atomic E-state index is 13.3. The van der Waals surface area contributed by atoms with E-state index < -0.39 is 11.4 Å². The molecule has 0 bridgehead atoms. The van der Waals surface area contributed by atoms with Crippen LogP contribution < -0.4 is 10.2 Å². The molecule has 0 unspecified atom stereocenters. The summed E-state index contributed by atoms with van der Waals surface area (Å²) in [5.74, 6) is -0.656. The molecule has 0 amide bonds. The number of esters is 1. The van der Waals surface area contributed by atoms with E-state index in [1.165, 1.54) is 12.1 Å². The number of halogens is 1. The van der Waals surface area contributed by atoms with Crippen LogP contribution in [-0.4, -0.2) is 5.97 Å². The molecular weight excluding hydrogens is 448 g/mol. The number of carbonyl (C=O) groups is 1. The van der Waals surface area contributed by atoms with Crippen LogP contribution in [0.15, 0.2) is 82.0 Å². The quantitative estimate of drug-likeness (QED) is 0.230. The number of benzene rings is 3. The summed E-state index contributed by atoms with van der Waals surface area (Å²) in [6.45, 7) is 8.35. The topological polar surface area (TPSA) is 56.5 Å². The highest BCUT2D eigenvalue weighted by Gasteiger charge is 2.21. The first kappa shape index (κ1) is 23.5. The number of aryl methyl sites for hydroxylation is 1. The summed E-state index contributed by atoms with van der Waals surface area (Å²) in [5, 5.41) is 0.631. The predicted molar refractivity (Wildman–Crippen MR) is 137 cm³/mol. The van der Waals surface area contributed by atoms with Crippen molar-refractivity contribution < 1.29 is 13.9 Å². The highest BCUT2D eigenvalue weighted by molar-refractivity contribution is 6.31. The molecule has 0 aliphatic heterocycles. The Morgan fingerprint density at radius 1 is 0.971 bits per heavy atom. The third kappa shape index (κ3) is 5.13. The lowest BCUT2D eigenvalue weighted by Crippen LogP contribution is -2.14. The summed E-state index contributed by atoms with van der Waals surface area (Å²) >= 11 is 6.09. The van der Waals surface area contributed by atoms with Crippen molar-refractivity contribution in [3.05, 3.63) is 105 Å². The van der Waals surface area contributed by atoms with E-state index in [4.69, 9.17) is 20.8 Å². The van der Waals surface area contributed by atoms with Gasteiger partial charge in [-0.2, -0.15) is 0 Å². The minimum absolute atomic E-state index is 0.0322. The first-order chi connectivity index (χ1) is 16.1. The summed E-state index contributed by atoms with van der Waals surface area (Å²) < 4.78 is 11.6. The molecule has 0 aliphatic carbocycles. The van der Waals surface area contributed by atoms with Gasteiger partial charge in [-0.15, -0.1) is 0 Å². The number of hydrogen-bond donors (Lipinski definition) is 0. The molecule has 4 aromatic rings. The molecular formula is C29H25ClO4. The zero-order valence-electron chi connectivity index (χ0n) is 19.5. The maximum absolute atomic E-state index is 13.3. The summed E-state index contributed by atoms with van der Waals surface area (Å²) in [6, 6.07) is 20.2. The monoisotopic (exact) mass is 472 g/mol. The Labute approximate surface area is 203 Å². The van der Waals surface area contributed by atoms with Gasteiger partial charge in [0.05, 0.1) is 5.39 Å². The molecule has 0 saturated heterocycles. The van der Waals surface area contributed by atoms with E-state index in [1.54, 1.807) is 18.2 Å². The van der Waals surface area contributed by atoms with Crippen molar-refractivity contribution >= 4 is 34.6 Å². The van der Waals surface area contributed by atoms with Crippen molar-refractivity contribution in [2.45, 2.75) is 33.1 Å². The van der Waals surface area contributed by atoms with Gasteiger partial charge in [0.1, 0.15) is 5.58 Å². The van der Waals surface area contributed by atoms with Gasteiger partial charge in [-0.3, -0.25) is 4.79 Å². The van der Waals surface area contributed by atoms with Crippen molar-refractivity contribution in [2.75, 3.05) is 0 Å². The highest BCUT2D eigenvalue weighted by atomic mass is 35.5. The van der Waals surface area contributed by atoms with Crippen LogP contribution >= 0.6 is 11.6 Å². The first-order valence-corrected chi connectivity index (χ1v) is 11.3. The van der Waals surface area contributed by atoms with Gasteiger partial charge >= 0.3 is 5.97 Å². The van der Waals surface area contributed by atoms with Crippen molar-refractivity contribution in [2.24, 2.45) is 0 Å². The average molecular weight is 473 g/mol. The third-order valence-electron chi connectivity index (χ3n) is 5.52. The Morgan fingerprint density at radius 2 is 1.65 bits per heavy atom. The smallest absolute Gasteiger partial charge is 0.336 e. The Balaban J connectivity index is 1.77. The molecule has 0 N–H and O–H groups in total. The molecule has 0 atom stereocenters. The largest absolute Gasteiger partial charge is 0.452 e. The Hall–Kier alpha value is -3.63. The van der Waals surface area contributed by atoms with Crippen molar-refractivity contribution in [1.29, 1.82) is 0 Å². The molecule has 172 valence electrons. The van der Waals surface area contributed by atoms with Gasteiger partial charge < -0.3 is 9.15 Å². The fourth-order valence-corrected chi connectivity index (χ4v) is 3.70. The van der Waals surface area contributed by atoms with Gasteiger partial charge in [0, 0.05) is 16.7 Å².